The van der Waals surface area contributed by atoms with Crippen molar-refractivity contribution in [1.29, 1.82) is 0 Å². The van der Waals surface area contributed by atoms with Gasteiger partial charge in [-0.15, -0.1) is 0 Å². The molecule has 2 nitrogen and oxygen atoms in total. The van der Waals surface area contributed by atoms with Crippen LogP contribution in [0.2, 0.25) is 0 Å². The third-order valence-corrected chi connectivity index (χ3v) is 4.15. The van der Waals surface area contributed by atoms with Gasteiger partial charge in [-0.1, -0.05) is 37.8 Å². The summed E-state index contributed by atoms with van der Waals surface area (Å²) in [6.07, 6.45) is 12.4. The first-order chi connectivity index (χ1) is 9.79. The molecular formula is C18H28N2. The van der Waals surface area contributed by atoms with E-state index in [1.807, 2.05) is 6.20 Å². The van der Waals surface area contributed by atoms with Crippen molar-refractivity contribution in [2.75, 3.05) is 13.1 Å². The molecule has 2 heteroatoms. The first-order valence-electron chi connectivity index (χ1n) is 8.13. The van der Waals surface area contributed by atoms with Gasteiger partial charge >= 0.3 is 0 Å². The van der Waals surface area contributed by atoms with Crippen LogP contribution in [0.1, 0.15) is 56.7 Å². The number of rotatable bonds is 6. The normalized spacial score (nSPS) is 17.4. The highest BCUT2D eigenvalue weighted by Crippen LogP contribution is 2.30. The second-order valence-electron chi connectivity index (χ2n) is 5.99. The van der Waals surface area contributed by atoms with Crippen LogP contribution in [0.15, 0.2) is 23.9 Å². The summed E-state index contributed by atoms with van der Waals surface area (Å²) in [5, 5.41) is 3.57. The molecule has 1 saturated carbocycles. The fourth-order valence-electron chi connectivity index (χ4n) is 2.95. The number of nitrogens with zero attached hydrogens (tertiary/aromatic N) is 1. The van der Waals surface area contributed by atoms with Gasteiger partial charge in [-0.2, -0.15) is 0 Å². The molecule has 0 aromatic carbocycles. The Morgan fingerprint density at radius 2 is 2.10 bits per heavy atom. The molecule has 1 aromatic heterocycles. The van der Waals surface area contributed by atoms with Crippen molar-refractivity contribution in [3.8, 4) is 0 Å². The van der Waals surface area contributed by atoms with Crippen LogP contribution < -0.4 is 5.32 Å². The third kappa shape index (κ3) is 4.75. The lowest BCUT2D eigenvalue weighted by atomic mass is 9.83. The second-order valence-corrected chi connectivity index (χ2v) is 5.99. The van der Waals surface area contributed by atoms with Crippen molar-refractivity contribution < 1.29 is 0 Å². The molecule has 1 N–H and O–H groups in total. The van der Waals surface area contributed by atoms with Crippen LogP contribution in [0.4, 0.5) is 0 Å². The van der Waals surface area contributed by atoms with Gasteiger partial charge in [0.15, 0.2) is 0 Å². The van der Waals surface area contributed by atoms with E-state index in [0.717, 1.165) is 24.7 Å². The lowest BCUT2D eigenvalue weighted by Gasteiger charge is -2.25. The first kappa shape index (κ1) is 15.2. The molecule has 1 aromatic rings. The van der Waals surface area contributed by atoms with E-state index in [2.05, 4.69) is 42.4 Å². The number of pyridine rings is 1. The van der Waals surface area contributed by atoms with Crippen molar-refractivity contribution in [2.45, 2.75) is 52.4 Å². The Kier molecular flexibility index (Phi) is 6.25. The molecule has 20 heavy (non-hydrogen) atoms. The largest absolute Gasteiger partial charge is 0.313 e. The Bertz CT molecular complexity index is 414. The molecule has 0 atom stereocenters. The number of hydrogen-bond acceptors (Lipinski definition) is 2. The predicted octanol–water partition coefficient (Wildman–Crippen LogP) is 4.35. The van der Waals surface area contributed by atoms with Crippen LogP contribution in [0.5, 0.6) is 0 Å². The molecule has 1 aliphatic carbocycles. The fraction of sp³-hybridized carbons (Fsp3) is 0.611. The van der Waals surface area contributed by atoms with Crippen molar-refractivity contribution in [3.05, 3.63) is 35.2 Å². The SMILES string of the molecule is CCCNC/C(=C/c1ccc(C)cn1)C1CCCCC1. The minimum Gasteiger partial charge on any atom is -0.313 e. The number of aryl methyl sites for hydroxylation is 1. The summed E-state index contributed by atoms with van der Waals surface area (Å²) in [6, 6.07) is 4.29. The Balaban J connectivity index is 2.09. The molecule has 0 saturated heterocycles. The Morgan fingerprint density at radius 3 is 2.75 bits per heavy atom. The Morgan fingerprint density at radius 1 is 1.30 bits per heavy atom. The van der Waals surface area contributed by atoms with Gasteiger partial charge < -0.3 is 5.32 Å². The third-order valence-electron chi connectivity index (χ3n) is 4.15. The van der Waals surface area contributed by atoms with Gasteiger partial charge in [-0.05, 0) is 56.4 Å². The van der Waals surface area contributed by atoms with Gasteiger partial charge in [-0.25, -0.2) is 0 Å². The summed E-state index contributed by atoms with van der Waals surface area (Å²) in [5.74, 6) is 0.760. The van der Waals surface area contributed by atoms with Crippen molar-refractivity contribution in [1.82, 2.24) is 10.3 Å². The summed E-state index contributed by atoms with van der Waals surface area (Å²) in [5.41, 5.74) is 3.88. The van der Waals surface area contributed by atoms with E-state index in [0.29, 0.717) is 0 Å². The number of aromatic nitrogens is 1. The molecule has 1 fully saturated rings. The standard InChI is InChI=1S/C18H28N2/c1-3-11-19-14-17(16-7-5-4-6-8-16)12-18-10-9-15(2)13-20-18/h9-10,12-13,16,19H,3-8,11,14H2,1-2H3/b17-12-. The molecule has 2 rings (SSSR count). The number of hydrogen-bond donors (Lipinski definition) is 1. The van der Waals surface area contributed by atoms with Crippen molar-refractivity contribution >= 4 is 6.08 Å². The summed E-state index contributed by atoms with van der Waals surface area (Å²) < 4.78 is 0. The highest BCUT2D eigenvalue weighted by atomic mass is 14.8. The maximum atomic E-state index is 4.54. The highest BCUT2D eigenvalue weighted by Gasteiger charge is 2.17. The molecule has 0 spiro atoms. The quantitative estimate of drug-likeness (QED) is 0.779. The molecule has 110 valence electrons. The van der Waals surface area contributed by atoms with E-state index in [-0.39, 0.29) is 0 Å². The van der Waals surface area contributed by atoms with Crippen LogP contribution in [-0.2, 0) is 0 Å². The first-order valence-corrected chi connectivity index (χ1v) is 8.13. The molecule has 1 heterocycles. The Hall–Kier alpha value is -1.15. The van der Waals surface area contributed by atoms with E-state index in [1.54, 1.807) is 5.57 Å². The summed E-state index contributed by atoms with van der Waals surface area (Å²) >= 11 is 0. The molecule has 0 radical (unpaired) electrons. The minimum atomic E-state index is 0.760. The topological polar surface area (TPSA) is 24.9 Å². The van der Waals surface area contributed by atoms with Gasteiger partial charge in [0.25, 0.3) is 0 Å². The van der Waals surface area contributed by atoms with E-state index < -0.39 is 0 Å². The lowest BCUT2D eigenvalue weighted by Crippen LogP contribution is -2.23. The van der Waals surface area contributed by atoms with Crippen LogP contribution in [0, 0.1) is 12.8 Å². The van der Waals surface area contributed by atoms with E-state index >= 15 is 0 Å². The molecule has 0 bridgehead atoms. The molecular weight excluding hydrogens is 244 g/mol. The van der Waals surface area contributed by atoms with Gasteiger partial charge in [0.1, 0.15) is 0 Å². The zero-order chi connectivity index (χ0) is 14.2. The monoisotopic (exact) mass is 272 g/mol. The zero-order valence-corrected chi connectivity index (χ0v) is 13.0. The van der Waals surface area contributed by atoms with Crippen LogP contribution >= 0.6 is 0 Å². The lowest BCUT2D eigenvalue weighted by molar-refractivity contribution is 0.396. The minimum absolute atomic E-state index is 0.760. The zero-order valence-electron chi connectivity index (χ0n) is 13.0. The molecule has 1 aliphatic rings. The van der Waals surface area contributed by atoms with Gasteiger partial charge in [0, 0.05) is 12.7 Å². The maximum Gasteiger partial charge on any atom is 0.0629 e. The van der Waals surface area contributed by atoms with E-state index in [9.17, 15) is 0 Å². The molecule has 0 amide bonds. The smallest absolute Gasteiger partial charge is 0.0629 e. The molecule has 0 unspecified atom stereocenters. The van der Waals surface area contributed by atoms with Gasteiger partial charge in [-0.3, -0.25) is 4.98 Å². The van der Waals surface area contributed by atoms with Gasteiger partial charge in [0.05, 0.1) is 5.69 Å². The van der Waals surface area contributed by atoms with Crippen LogP contribution in [-0.4, -0.2) is 18.1 Å². The highest BCUT2D eigenvalue weighted by molar-refractivity contribution is 5.50. The van der Waals surface area contributed by atoms with Crippen molar-refractivity contribution in [3.63, 3.8) is 0 Å². The Labute approximate surface area is 123 Å². The van der Waals surface area contributed by atoms with Gasteiger partial charge in [0.2, 0.25) is 0 Å². The average molecular weight is 272 g/mol. The second kappa shape index (κ2) is 8.21. The van der Waals surface area contributed by atoms with Crippen molar-refractivity contribution in [2.24, 2.45) is 5.92 Å². The fourth-order valence-corrected chi connectivity index (χ4v) is 2.95. The van der Waals surface area contributed by atoms with Crippen LogP contribution in [0.25, 0.3) is 6.08 Å². The summed E-state index contributed by atoms with van der Waals surface area (Å²) in [4.78, 5) is 4.54. The summed E-state index contributed by atoms with van der Waals surface area (Å²) in [7, 11) is 0. The summed E-state index contributed by atoms with van der Waals surface area (Å²) in [6.45, 7) is 6.43. The predicted molar refractivity (Wildman–Crippen MR) is 86.7 cm³/mol. The van der Waals surface area contributed by atoms with E-state index in [1.165, 1.54) is 44.1 Å². The number of nitrogens with one attached hydrogen (secondary N) is 1. The van der Waals surface area contributed by atoms with E-state index in [4.69, 9.17) is 0 Å². The van der Waals surface area contributed by atoms with Crippen LogP contribution in [0.3, 0.4) is 0 Å². The molecule has 0 aliphatic heterocycles. The maximum absolute atomic E-state index is 4.54. The average Bonchev–Trinajstić information content (AvgIpc) is 2.49.